The van der Waals surface area contributed by atoms with Gasteiger partial charge in [0.05, 0.1) is 37.7 Å². The number of hydrogen-bond donors (Lipinski definition) is 0. The molecular weight excluding hydrogens is 480 g/mol. The second kappa shape index (κ2) is 9.37. The lowest BCUT2D eigenvalue weighted by atomic mass is 10.1. The van der Waals surface area contributed by atoms with Gasteiger partial charge in [-0.3, -0.25) is 14.2 Å². The number of carbonyl (C=O) groups excluding carboxylic acids is 1. The summed E-state index contributed by atoms with van der Waals surface area (Å²) < 4.78 is 14.4. The molecule has 0 radical (unpaired) electrons. The van der Waals surface area contributed by atoms with Gasteiger partial charge in [0, 0.05) is 5.39 Å². The Morgan fingerprint density at radius 1 is 1.03 bits per heavy atom. The standard InChI is InChI=1S/C30H28N4O4/c1-19-4-10-24-23(14-19)28-29(30(36)32(18-31-28)16-21-6-8-22(37-3)9-7-21)34(24)17-27(35)33-12-13-38-26-11-5-20(2)15-25(26)33/h4-11,14-15,18H,12-13,16-17H2,1-3H3. The highest BCUT2D eigenvalue weighted by atomic mass is 16.5. The maximum absolute atomic E-state index is 13.9. The van der Waals surface area contributed by atoms with Crippen molar-refractivity contribution in [2.75, 3.05) is 25.2 Å². The van der Waals surface area contributed by atoms with E-state index in [9.17, 15) is 9.59 Å². The molecule has 0 fully saturated rings. The number of aryl methyl sites for hydroxylation is 2. The van der Waals surface area contributed by atoms with Crippen molar-refractivity contribution >= 4 is 33.5 Å². The van der Waals surface area contributed by atoms with E-state index >= 15 is 0 Å². The Labute approximate surface area is 219 Å². The van der Waals surface area contributed by atoms with Crippen LogP contribution in [0.15, 0.2) is 71.8 Å². The predicted molar refractivity (Wildman–Crippen MR) is 147 cm³/mol. The first-order valence-electron chi connectivity index (χ1n) is 12.6. The van der Waals surface area contributed by atoms with Crippen LogP contribution in [0.4, 0.5) is 5.69 Å². The van der Waals surface area contributed by atoms with Crippen molar-refractivity contribution in [2.24, 2.45) is 0 Å². The van der Waals surface area contributed by atoms with Crippen LogP contribution in [0.3, 0.4) is 0 Å². The smallest absolute Gasteiger partial charge is 0.278 e. The van der Waals surface area contributed by atoms with Crippen LogP contribution in [-0.4, -0.2) is 40.3 Å². The molecule has 1 amide bonds. The Hall–Kier alpha value is -4.59. The zero-order valence-corrected chi connectivity index (χ0v) is 21.6. The number of rotatable bonds is 5. The largest absolute Gasteiger partial charge is 0.497 e. The van der Waals surface area contributed by atoms with Gasteiger partial charge in [-0.25, -0.2) is 4.98 Å². The van der Waals surface area contributed by atoms with Gasteiger partial charge in [-0.15, -0.1) is 0 Å². The zero-order valence-electron chi connectivity index (χ0n) is 21.6. The second-order valence-electron chi connectivity index (χ2n) is 9.69. The Balaban J connectivity index is 1.45. The Kier molecular flexibility index (Phi) is 5.87. The molecule has 0 saturated heterocycles. The molecule has 0 bridgehead atoms. The summed E-state index contributed by atoms with van der Waals surface area (Å²) in [6.45, 7) is 5.24. The van der Waals surface area contributed by atoms with Crippen molar-refractivity contribution < 1.29 is 14.3 Å². The number of amides is 1. The molecule has 38 heavy (non-hydrogen) atoms. The maximum Gasteiger partial charge on any atom is 0.278 e. The van der Waals surface area contributed by atoms with E-state index in [1.54, 1.807) is 22.9 Å². The summed E-state index contributed by atoms with van der Waals surface area (Å²) in [6.07, 6.45) is 1.59. The third-order valence-corrected chi connectivity index (χ3v) is 7.07. The molecule has 8 nitrogen and oxygen atoms in total. The molecule has 2 aromatic heterocycles. The van der Waals surface area contributed by atoms with E-state index in [0.29, 0.717) is 36.5 Å². The molecule has 192 valence electrons. The fourth-order valence-corrected chi connectivity index (χ4v) is 5.13. The minimum Gasteiger partial charge on any atom is -0.497 e. The minimum atomic E-state index is -0.189. The first-order chi connectivity index (χ1) is 18.4. The molecule has 8 heteroatoms. The van der Waals surface area contributed by atoms with Gasteiger partial charge in [0.2, 0.25) is 5.91 Å². The number of ether oxygens (including phenoxy) is 2. The van der Waals surface area contributed by atoms with Gasteiger partial charge in [-0.1, -0.05) is 29.8 Å². The van der Waals surface area contributed by atoms with Gasteiger partial charge in [0.25, 0.3) is 5.56 Å². The lowest BCUT2D eigenvalue weighted by Gasteiger charge is -2.30. The van der Waals surface area contributed by atoms with Crippen LogP contribution >= 0.6 is 0 Å². The first kappa shape index (κ1) is 23.8. The van der Waals surface area contributed by atoms with Crippen molar-refractivity contribution in [3.63, 3.8) is 0 Å². The number of hydrogen-bond acceptors (Lipinski definition) is 5. The van der Waals surface area contributed by atoms with Gasteiger partial charge in [0.15, 0.2) is 0 Å². The number of carbonyl (C=O) groups is 1. The van der Waals surface area contributed by atoms with Gasteiger partial charge in [-0.2, -0.15) is 0 Å². The summed E-state index contributed by atoms with van der Waals surface area (Å²) in [5.74, 6) is 1.34. The van der Waals surface area contributed by atoms with Crippen LogP contribution in [-0.2, 0) is 17.9 Å². The number of aromatic nitrogens is 3. The van der Waals surface area contributed by atoms with Gasteiger partial charge in [-0.05, 0) is 61.4 Å². The van der Waals surface area contributed by atoms with E-state index in [2.05, 4.69) is 0 Å². The SMILES string of the molecule is COc1ccc(Cn2cnc3c4cc(C)ccc4n(CC(=O)N4CCOc5ccc(C)cc54)c3c2=O)cc1. The highest BCUT2D eigenvalue weighted by Gasteiger charge is 2.26. The molecule has 0 unspecified atom stereocenters. The maximum atomic E-state index is 13.9. The summed E-state index contributed by atoms with van der Waals surface area (Å²) in [6, 6.07) is 19.4. The first-order valence-corrected chi connectivity index (χ1v) is 12.6. The Morgan fingerprint density at radius 2 is 1.79 bits per heavy atom. The summed E-state index contributed by atoms with van der Waals surface area (Å²) in [7, 11) is 1.62. The molecule has 1 aliphatic rings. The molecular formula is C30H28N4O4. The van der Waals surface area contributed by atoms with Crippen LogP contribution in [0, 0.1) is 13.8 Å². The summed E-state index contributed by atoms with van der Waals surface area (Å²) in [5, 5.41) is 0.861. The monoisotopic (exact) mass is 508 g/mol. The van der Waals surface area contributed by atoms with E-state index in [-0.39, 0.29) is 18.0 Å². The normalized spacial score (nSPS) is 13.0. The molecule has 0 spiro atoms. The Bertz CT molecular complexity index is 1750. The van der Waals surface area contributed by atoms with E-state index in [1.807, 2.05) is 79.1 Å². The molecule has 0 atom stereocenters. The third-order valence-electron chi connectivity index (χ3n) is 7.07. The van der Waals surface area contributed by atoms with Gasteiger partial charge in [0.1, 0.15) is 35.7 Å². The van der Waals surface area contributed by atoms with Crippen LogP contribution in [0.5, 0.6) is 11.5 Å². The number of benzene rings is 3. The number of fused-ring (bicyclic) bond motifs is 4. The van der Waals surface area contributed by atoms with Crippen LogP contribution in [0.2, 0.25) is 0 Å². The average Bonchev–Trinajstić information content (AvgIpc) is 3.23. The highest BCUT2D eigenvalue weighted by Crippen LogP contribution is 2.33. The lowest BCUT2D eigenvalue weighted by molar-refractivity contribution is -0.119. The van der Waals surface area contributed by atoms with E-state index < -0.39 is 0 Å². The van der Waals surface area contributed by atoms with Crippen LogP contribution in [0.25, 0.3) is 21.9 Å². The molecule has 0 saturated carbocycles. The van der Waals surface area contributed by atoms with E-state index in [0.717, 1.165) is 39.0 Å². The van der Waals surface area contributed by atoms with Crippen LogP contribution < -0.4 is 19.9 Å². The second-order valence-corrected chi connectivity index (χ2v) is 9.69. The minimum absolute atomic E-state index is 0.0138. The number of methoxy groups -OCH3 is 1. The van der Waals surface area contributed by atoms with Crippen molar-refractivity contribution in [3.8, 4) is 11.5 Å². The van der Waals surface area contributed by atoms with Crippen molar-refractivity contribution in [1.82, 2.24) is 14.1 Å². The number of anilines is 1. The van der Waals surface area contributed by atoms with E-state index in [1.165, 1.54) is 0 Å². The quantitative estimate of drug-likeness (QED) is 0.351. The molecule has 5 aromatic rings. The third kappa shape index (κ3) is 4.08. The number of nitrogens with zero attached hydrogens (tertiary/aromatic N) is 4. The predicted octanol–water partition coefficient (Wildman–Crippen LogP) is 4.45. The summed E-state index contributed by atoms with van der Waals surface area (Å²) in [4.78, 5) is 34.1. The molecule has 6 rings (SSSR count). The summed E-state index contributed by atoms with van der Waals surface area (Å²) in [5.41, 5.74) is 5.46. The van der Waals surface area contributed by atoms with Gasteiger partial charge >= 0.3 is 0 Å². The molecule has 3 aromatic carbocycles. The molecule has 1 aliphatic heterocycles. The zero-order chi connectivity index (χ0) is 26.4. The van der Waals surface area contributed by atoms with Crippen molar-refractivity contribution in [1.29, 1.82) is 0 Å². The lowest BCUT2D eigenvalue weighted by Crippen LogP contribution is -2.40. The van der Waals surface area contributed by atoms with E-state index in [4.69, 9.17) is 14.5 Å². The van der Waals surface area contributed by atoms with Crippen LogP contribution in [0.1, 0.15) is 16.7 Å². The van der Waals surface area contributed by atoms with Crippen molar-refractivity contribution in [2.45, 2.75) is 26.9 Å². The fourth-order valence-electron chi connectivity index (χ4n) is 5.13. The Morgan fingerprint density at radius 3 is 2.58 bits per heavy atom. The van der Waals surface area contributed by atoms with Gasteiger partial charge < -0.3 is 18.9 Å². The topological polar surface area (TPSA) is 78.6 Å². The highest BCUT2D eigenvalue weighted by molar-refractivity contribution is 6.07. The fraction of sp³-hybridized carbons (Fsp3) is 0.233. The molecule has 3 heterocycles. The summed E-state index contributed by atoms with van der Waals surface area (Å²) >= 11 is 0. The molecule has 0 N–H and O–H groups in total. The average molecular weight is 509 g/mol. The van der Waals surface area contributed by atoms with Crippen molar-refractivity contribution in [3.05, 3.63) is 94.0 Å². The molecule has 0 aliphatic carbocycles.